The van der Waals surface area contributed by atoms with Crippen molar-refractivity contribution in [3.05, 3.63) is 48.9 Å². The molecule has 0 spiro atoms. The van der Waals surface area contributed by atoms with E-state index in [0.29, 0.717) is 17.5 Å². The van der Waals surface area contributed by atoms with Crippen molar-refractivity contribution in [2.45, 2.75) is 0 Å². The highest BCUT2D eigenvalue weighted by molar-refractivity contribution is 5.65. The van der Waals surface area contributed by atoms with Crippen LogP contribution in [0.2, 0.25) is 0 Å². The zero-order valence-corrected chi connectivity index (χ0v) is 14.7. The van der Waals surface area contributed by atoms with E-state index in [9.17, 15) is 0 Å². The second-order valence-electron chi connectivity index (χ2n) is 5.98. The number of hydrogen-bond donors (Lipinski definition) is 3. The average molecular weight is 364 g/mol. The number of benzene rings is 1. The fraction of sp³-hybridized carbons (Fsp3) is 0.222. The van der Waals surface area contributed by atoms with Crippen LogP contribution < -0.4 is 21.3 Å². The van der Waals surface area contributed by atoms with Crippen molar-refractivity contribution < 1.29 is 4.74 Å². The maximum Gasteiger partial charge on any atom is 0.223 e. The largest absolute Gasteiger partial charge is 0.378 e. The summed E-state index contributed by atoms with van der Waals surface area (Å²) in [4.78, 5) is 18.9. The Hall–Kier alpha value is -3.46. The molecule has 4 N–H and O–H groups in total. The Bertz CT molecular complexity index is 882. The maximum atomic E-state index is 5.83. The van der Waals surface area contributed by atoms with Gasteiger partial charge in [-0.2, -0.15) is 9.97 Å². The molecular weight excluding hydrogens is 344 g/mol. The Morgan fingerprint density at radius 3 is 2.37 bits per heavy atom. The number of nitrogens with one attached hydrogen (secondary N) is 2. The van der Waals surface area contributed by atoms with Crippen LogP contribution >= 0.6 is 0 Å². The van der Waals surface area contributed by atoms with Crippen LogP contribution in [0.25, 0.3) is 0 Å². The van der Waals surface area contributed by atoms with Gasteiger partial charge in [-0.15, -0.1) is 0 Å². The number of rotatable bonds is 5. The van der Waals surface area contributed by atoms with E-state index in [-0.39, 0.29) is 5.95 Å². The third-order valence-electron chi connectivity index (χ3n) is 4.08. The fourth-order valence-electron chi connectivity index (χ4n) is 2.81. The van der Waals surface area contributed by atoms with Crippen LogP contribution in [0.4, 0.5) is 34.8 Å². The zero-order valence-electron chi connectivity index (χ0n) is 14.7. The van der Waals surface area contributed by atoms with Gasteiger partial charge in [0.05, 0.1) is 19.4 Å². The normalized spacial score (nSPS) is 14.0. The van der Waals surface area contributed by atoms with Crippen molar-refractivity contribution in [2.75, 3.05) is 47.6 Å². The van der Waals surface area contributed by atoms with Gasteiger partial charge in [0, 0.05) is 42.9 Å². The van der Waals surface area contributed by atoms with Crippen molar-refractivity contribution in [3.8, 4) is 0 Å². The highest BCUT2D eigenvalue weighted by Crippen LogP contribution is 2.23. The molecule has 3 aromatic rings. The first kappa shape index (κ1) is 17.0. The molecule has 27 heavy (non-hydrogen) atoms. The van der Waals surface area contributed by atoms with Gasteiger partial charge in [0.25, 0.3) is 0 Å². The molecule has 9 heteroatoms. The summed E-state index contributed by atoms with van der Waals surface area (Å²) in [5, 5.41) is 6.31. The summed E-state index contributed by atoms with van der Waals surface area (Å²) in [6.45, 7) is 3.35. The molecular formula is C18H20N8O. The highest BCUT2D eigenvalue weighted by Gasteiger charge is 2.11. The van der Waals surface area contributed by atoms with Crippen molar-refractivity contribution in [1.29, 1.82) is 0 Å². The quantitative estimate of drug-likeness (QED) is 0.626. The first-order valence-electron chi connectivity index (χ1n) is 8.64. The number of morpholine rings is 1. The molecule has 1 aliphatic heterocycles. The summed E-state index contributed by atoms with van der Waals surface area (Å²) in [5.74, 6) is 1.87. The van der Waals surface area contributed by atoms with E-state index in [1.165, 1.54) is 5.69 Å². The molecule has 4 rings (SSSR count). The summed E-state index contributed by atoms with van der Waals surface area (Å²) in [6, 6.07) is 9.95. The van der Waals surface area contributed by atoms with Crippen LogP contribution in [-0.4, -0.2) is 46.2 Å². The summed E-state index contributed by atoms with van der Waals surface area (Å²) in [7, 11) is 0. The van der Waals surface area contributed by atoms with E-state index in [0.717, 1.165) is 32.0 Å². The number of anilines is 6. The molecule has 0 atom stereocenters. The van der Waals surface area contributed by atoms with Crippen molar-refractivity contribution in [3.63, 3.8) is 0 Å². The van der Waals surface area contributed by atoms with Crippen LogP contribution in [0.15, 0.2) is 48.9 Å². The predicted octanol–water partition coefficient (Wildman–Crippen LogP) is 2.17. The lowest BCUT2D eigenvalue weighted by Gasteiger charge is -2.28. The number of ether oxygens (including phenoxy) is 1. The predicted molar refractivity (Wildman–Crippen MR) is 105 cm³/mol. The molecule has 0 radical (unpaired) electrons. The number of nitrogens with zero attached hydrogens (tertiary/aromatic N) is 5. The minimum atomic E-state index is 0.163. The molecule has 2 aromatic heterocycles. The zero-order chi connectivity index (χ0) is 18.5. The van der Waals surface area contributed by atoms with Crippen LogP contribution in [0.5, 0.6) is 0 Å². The van der Waals surface area contributed by atoms with E-state index in [1.807, 2.05) is 12.1 Å². The minimum absolute atomic E-state index is 0.163. The second kappa shape index (κ2) is 7.83. The van der Waals surface area contributed by atoms with Gasteiger partial charge in [-0.05, 0) is 24.3 Å². The van der Waals surface area contributed by atoms with Gasteiger partial charge >= 0.3 is 0 Å². The van der Waals surface area contributed by atoms with E-state index in [4.69, 9.17) is 10.5 Å². The van der Waals surface area contributed by atoms with E-state index in [2.05, 4.69) is 47.6 Å². The van der Waals surface area contributed by atoms with E-state index in [1.54, 1.807) is 24.7 Å². The third kappa shape index (κ3) is 4.39. The van der Waals surface area contributed by atoms with Crippen molar-refractivity contribution in [1.82, 2.24) is 19.9 Å². The first-order chi connectivity index (χ1) is 13.3. The topological polar surface area (TPSA) is 114 Å². The number of nitrogens with two attached hydrogens (primary N) is 1. The Morgan fingerprint density at radius 2 is 1.67 bits per heavy atom. The standard InChI is InChI=1S/C18H20N8O/c19-18-24-15(11-16(25-18)23-17-12-20-5-6-21-17)22-13-1-3-14(4-2-13)26-7-9-27-10-8-26/h1-6,11-12H,7-10H2,(H4,19,21,22,23,24,25). The van der Waals surface area contributed by atoms with Gasteiger partial charge in [-0.25, -0.2) is 4.98 Å². The Morgan fingerprint density at radius 1 is 0.926 bits per heavy atom. The molecule has 1 fully saturated rings. The molecule has 1 saturated heterocycles. The summed E-state index contributed by atoms with van der Waals surface area (Å²) < 4.78 is 5.39. The maximum absolute atomic E-state index is 5.83. The molecule has 9 nitrogen and oxygen atoms in total. The van der Waals surface area contributed by atoms with E-state index < -0.39 is 0 Å². The SMILES string of the molecule is Nc1nc(Nc2ccc(N3CCOCC3)cc2)cc(Nc2cnccn2)n1. The van der Waals surface area contributed by atoms with Crippen LogP contribution in [0, 0.1) is 0 Å². The Labute approximate surface area is 156 Å². The van der Waals surface area contributed by atoms with Crippen LogP contribution in [-0.2, 0) is 4.74 Å². The number of aromatic nitrogens is 4. The lowest BCUT2D eigenvalue weighted by Crippen LogP contribution is -2.36. The van der Waals surface area contributed by atoms with Gasteiger partial charge < -0.3 is 26.0 Å². The highest BCUT2D eigenvalue weighted by atomic mass is 16.5. The monoisotopic (exact) mass is 364 g/mol. The summed E-state index contributed by atoms with van der Waals surface area (Å²) >= 11 is 0. The van der Waals surface area contributed by atoms with E-state index >= 15 is 0 Å². The molecule has 138 valence electrons. The summed E-state index contributed by atoms with van der Waals surface area (Å²) in [5.41, 5.74) is 7.92. The Kier molecular flexibility index (Phi) is 4.93. The Balaban J connectivity index is 1.47. The van der Waals surface area contributed by atoms with Crippen molar-refractivity contribution in [2.24, 2.45) is 0 Å². The lowest BCUT2D eigenvalue weighted by molar-refractivity contribution is 0.122. The molecule has 0 saturated carbocycles. The fourth-order valence-corrected chi connectivity index (χ4v) is 2.81. The van der Waals surface area contributed by atoms with Gasteiger partial charge in [0.1, 0.15) is 17.5 Å². The average Bonchev–Trinajstić information content (AvgIpc) is 2.70. The molecule has 0 aliphatic carbocycles. The number of hydrogen-bond acceptors (Lipinski definition) is 9. The minimum Gasteiger partial charge on any atom is -0.378 e. The molecule has 0 amide bonds. The van der Waals surface area contributed by atoms with Crippen LogP contribution in [0.1, 0.15) is 0 Å². The molecule has 0 bridgehead atoms. The molecule has 1 aliphatic rings. The van der Waals surface area contributed by atoms with Gasteiger partial charge in [-0.1, -0.05) is 0 Å². The third-order valence-corrected chi connectivity index (χ3v) is 4.08. The van der Waals surface area contributed by atoms with Gasteiger partial charge in [-0.3, -0.25) is 4.98 Å². The first-order valence-corrected chi connectivity index (χ1v) is 8.64. The molecule has 0 unspecified atom stereocenters. The van der Waals surface area contributed by atoms with Crippen LogP contribution in [0.3, 0.4) is 0 Å². The molecule has 3 heterocycles. The number of nitrogen functional groups attached to an aromatic ring is 1. The van der Waals surface area contributed by atoms with Gasteiger partial charge in [0.2, 0.25) is 5.95 Å². The lowest BCUT2D eigenvalue weighted by atomic mass is 10.2. The smallest absolute Gasteiger partial charge is 0.223 e. The van der Waals surface area contributed by atoms with Crippen molar-refractivity contribution >= 4 is 34.8 Å². The summed E-state index contributed by atoms with van der Waals surface area (Å²) in [6.07, 6.45) is 4.81. The second-order valence-corrected chi connectivity index (χ2v) is 5.98. The van der Waals surface area contributed by atoms with Gasteiger partial charge in [0.15, 0.2) is 0 Å². The molecule has 1 aromatic carbocycles.